The molecule has 3 aromatic rings. The fourth-order valence-corrected chi connectivity index (χ4v) is 3.15. The van der Waals surface area contributed by atoms with E-state index >= 15 is 0 Å². The van der Waals surface area contributed by atoms with Crippen LogP contribution in [0.2, 0.25) is 0 Å². The van der Waals surface area contributed by atoms with Gasteiger partial charge in [0.05, 0.1) is 5.56 Å². The number of carbonyl (C=O) groups excluding carboxylic acids is 2. The lowest BCUT2D eigenvalue weighted by atomic mass is 10.1. The van der Waals surface area contributed by atoms with Crippen molar-refractivity contribution in [2.75, 3.05) is 10.6 Å². The molecular weight excluding hydrogens is 350 g/mol. The molecule has 0 spiro atoms. The minimum absolute atomic E-state index is 0.252. The molecule has 0 aliphatic heterocycles. The van der Waals surface area contributed by atoms with Crippen LogP contribution in [-0.4, -0.2) is 16.8 Å². The summed E-state index contributed by atoms with van der Waals surface area (Å²) >= 11 is 0. The Hall–Kier alpha value is -3.47. The quantitative estimate of drug-likeness (QED) is 0.689. The van der Waals surface area contributed by atoms with Crippen molar-refractivity contribution < 1.29 is 9.59 Å². The molecule has 1 heterocycles. The first-order valence-corrected chi connectivity index (χ1v) is 9.05. The van der Waals surface area contributed by atoms with Crippen molar-refractivity contribution in [3.8, 4) is 0 Å². The van der Waals surface area contributed by atoms with Crippen LogP contribution in [0.25, 0.3) is 0 Å². The Balaban J connectivity index is 1.69. The van der Waals surface area contributed by atoms with Gasteiger partial charge >= 0.3 is 0 Å². The number of rotatable bonds is 4. The Bertz CT molecular complexity index is 915. The Morgan fingerprint density at radius 1 is 0.679 bits per heavy atom. The highest BCUT2D eigenvalue weighted by Crippen LogP contribution is 2.16. The smallest absolute Gasteiger partial charge is 0.274 e. The van der Waals surface area contributed by atoms with Gasteiger partial charge in [-0.3, -0.25) is 14.6 Å². The van der Waals surface area contributed by atoms with Crippen molar-refractivity contribution in [3.63, 3.8) is 0 Å². The molecule has 0 aliphatic carbocycles. The van der Waals surface area contributed by atoms with Crippen LogP contribution in [0, 0.1) is 27.7 Å². The van der Waals surface area contributed by atoms with Crippen molar-refractivity contribution in [1.82, 2.24) is 4.98 Å². The van der Waals surface area contributed by atoms with E-state index in [1.165, 1.54) is 6.20 Å². The topological polar surface area (TPSA) is 71.1 Å². The fraction of sp³-hybridized carbons (Fsp3) is 0.174. The van der Waals surface area contributed by atoms with Crippen molar-refractivity contribution >= 4 is 23.2 Å². The van der Waals surface area contributed by atoms with Crippen molar-refractivity contribution in [2.45, 2.75) is 27.7 Å². The van der Waals surface area contributed by atoms with Crippen LogP contribution < -0.4 is 10.6 Å². The predicted octanol–water partition coefficient (Wildman–Crippen LogP) is 4.82. The van der Waals surface area contributed by atoms with Crippen LogP contribution in [-0.2, 0) is 0 Å². The number of anilines is 2. The molecule has 5 nitrogen and oxygen atoms in total. The zero-order valence-corrected chi connectivity index (χ0v) is 16.5. The van der Waals surface area contributed by atoms with Gasteiger partial charge in [0.25, 0.3) is 11.8 Å². The van der Waals surface area contributed by atoms with E-state index in [9.17, 15) is 9.59 Å². The number of aromatic nitrogens is 1. The number of nitrogens with one attached hydrogen (secondary N) is 2. The van der Waals surface area contributed by atoms with E-state index in [1.54, 1.807) is 12.1 Å². The summed E-state index contributed by atoms with van der Waals surface area (Å²) in [7, 11) is 0. The SMILES string of the molecule is Cc1cc(C)cc(NC(=O)c2ccc(C(=O)Nc3cc(C)cc(C)c3)nc2)c1. The third kappa shape index (κ3) is 4.82. The second-order valence-corrected chi connectivity index (χ2v) is 7.09. The predicted molar refractivity (Wildman–Crippen MR) is 112 cm³/mol. The van der Waals surface area contributed by atoms with Crippen molar-refractivity contribution in [1.29, 1.82) is 0 Å². The van der Waals surface area contributed by atoms with Crippen LogP contribution in [0.1, 0.15) is 43.1 Å². The number of pyridine rings is 1. The van der Waals surface area contributed by atoms with Crippen LogP contribution in [0.15, 0.2) is 54.7 Å². The van der Waals surface area contributed by atoms with Gasteiger partial charge in [-0.25, -0.2) is 0 Å². The second kappa shape index (κ2) is 8.05. The highest BCUT2D eigenvalue weighted by molar-refractivity contribution is 6.06. The molecule has 2 amide bonds. The molecule has 0 aliphatic rings. The Morgan fingerprint density at radius 2 is 1.14 bits per heavy atom. The average molecular weight is 373 g/mol. The van der Waals surface area contributed by atoms with Crippen molar-refractivity contribution in [2.24, 2.45) is 0 Å². The van der Waals surface area contributed by atoms with E-state index in [4.69, 9.17) is 0 Å². The zero-order valence-electron chi connectivity index (χ0n) is 16.5. The standard InChI is InChI=1S/C23H23N3O2/c1-14-7-15(2)10-19(9-14)25-22(27)18-5-6-21(24-13-18)23(28)26-20-11-16(3)8-17(4)12-20/h5-13H,1-4H3,(H,25,27)(H,26,28). The largest absolute Gasteiger partial charge is 0.322 e. The van der Waals surface area contributed by atoms with Crippen molar-refractivity contribution in [3.05, 3.63) is 88.2 Å². The molecule has 3 rings (SSSR count). The van der Waals surface area contributed by atoms with Crippen LogP contribution in [0.5, 0.6) is 0 Å². The number of benzene rings is 2. The number of aryl methyl sites for hydroxylation is 4. The van der Waals surface area contributed by atoms with Crippen LogP contribution in [0.4, 0.5) is 11.4 Å². The Labute approximate surface area is 164 Å². The summed E-state index contributed by atoms with van der Waals surface area (Å²) in [5.41, 5.74) is 6.39. The molecule has 2 N–H and O–H groups in total. The molecule has 28 heavy (non-hydrogen) atoms. The summed E-state index contributed by atoms with van der Waals surface area (Å²) in [5.74, 6) is -0.579. The van der Waals surface area contributed by atoms with Gasteiger partial charge in [0.15, 0.2) is 0 Å². The minimum Gasteiger partial charge on any atom is -0.322 e. The monoisotopic (exact) mass is 373 g/mol. The average Bonchev–Trinajstić information content (AvgIpc) is 2.60. The Kier molecular flexibility index (Phi) is 5.54. The summed E-state index contributed by atoms with van der Waals surface area (Å²) in [6.45, 7) is 7.91. The summed E-state index contributed by atoms with van der Waals surface area (Å²) in [5, 5.41) is 5.70. The first-order chi connectivity index (χ1) is 13.3. The van der Waals surface area contributed by atoms with E-state index < -0.39 is 0 Å². The van der Waals surface area contributed by atoms with E-state index in [0.717, 1.165) is 33.6 Å². The maximum atomic E-state index is 12.4. The number of amides is 2. The summed E-state index contributed by atoms with van der Waals surface area (Å²) in [6, 6.07) is 14.8. The fourth-order valence-electron chi connectivity index (χ4n) is 3.15. The van der Waals surface area contributed by atoms with Gasteiger partial charge in [-0.1, -0.05) is 12.1 Å². The third-order valence-electron chi connectivity index (χ3n) is 4.22. The van der Waals surface area contributed by atoms with Gasteiger partial charge in [0, 0.05) is 17.6 Å². The van der Waals surface area contributed by atoms with E-state index in [1.807, 2.05) is 64.1 Å². The lowest BCUT2D eigenvalue weighted by Gasteiger charge is -2.09. The van der Waals surface area contributed by atoms with E-state index in [2.05, 4.69) is 15.6 Å². The first-order valence-electron chi connectivity index (χ1n) is 9.05. The molecule has 0 saturated carbocycles. The summed E-state index contributed by atoms with van der Waals surface area (Å²) in [6.07, 6.45) is 1.41. The number of nitrogens with zero attached hydrogens (tertiary/aromatic N) is 1. The van der Waals surface area contributed by atoms with E-state index in [0.29, 0.717) is 5.56 Å². The molecule has 0 bridgehead atoms. The minimum atomic E-state index is -0.314. The second-order valence-electron chi connectivity index (χ2n) is 7.09. The maximum Gasteiger partial charge on any atom is 0.274 e. The molecule has 142 valence electrons. The molecule has 2 aromatic carbocycles. The molecular formula is C23H23N3O2. The van der Waals surface area contributed by atoms with Gasteiger partial charge in [-0.15, -0.1) is 0 Å². The lowest BCUT2D eigenvalue weighted by Crippen LogP contribution is -2.16. The molecule has 1 aromatic heterocycles. The zero-order chi connectivity index (χ0) is 20.3. The molecule has 0 fully saturated rings. The van der Waals surface area contributed by atoms with Gasteiger partial charge < -0.3 is 10.6 Å². The molecule has 0 atom stereocenters. The van der Waals surface area contributed by atoms with E-state index in [-0.39, 0.29) is 17.5 Å². The van der Waals surface area contributed by atoms with Gasteiger partial charge in [-0.05, 0) is 86.3 Å². The highest BCUT2D eigenvalue weighted by Gasteiger charge is 2.12. The highest BCUT2D eigenvalue weighted by atomic mass is 16.2. The Morgan fingerprint density at radius 3 is 1.57 bits per heavy atom. The van der Waals surface area contributed by atoms with Crippen LogP contribution >= 0.6 is 0 Å². The maximum absolute atomic E-state index is 12.4. The number of carbonyl (C=O) groups is 2. The molecule has 0 unspecified atom stereocenters. The first kappa shape index (κ1) is 19.3. The number of hydrogen-bond donors (Lipinski definition) is 2. The number of hydrogen-bond acceptors (Lipinski definition) is 3. The molecule has 0 saturated heterocycles. The lowest BCUT2D eigenvalue weighted by molar-refractivity contribution is 0.101. The van der Waals surface area contributed by atoms with Gasteiger partial charge in [-0.2, -0.15) is 0 Å². The van der Waals surface area contributed by atoms with Gasteiger partial charge in [0.2, 0.25) is 0 Å². The summed E-state index contributed by atoms with van der Waals surface area (Å²) < 4.78 is 0. The van der Waals surface area contributed by atoms with Gasteiger partial charge in [0.1, 0.15) is 5.69 Å². The summed E-state index contributed by atoms with van der Waals surface area (Å²) in [4.78, 5) is 29.0. The third-order valence-corrected chi connectivity index (χ3v) is 4.22. The molecule has 5 heteroatoms. The molecule has 0 radical (unpaired) electrons. The normalized spacial score (nSPS) is 10.4. The van der Waals surface area contributed by atoms with Crippen LogP contribution in [0.3, 0.4) is 0 Å².